The molecule has 0 heterocycles. The minimum absolute atomic E-state index is 0.0448. The predicted molar refractivity (Wildman–Crippen MR) is 136 cm³/mol. The fourth-order valence-corrected chi connectivity index (χ4v) is 4.60. The average Bonchev–Trinajstić information content (AvgIpc) is 2.85. The number of carbonyl (C=O) groups excluding carboxylic acids is 1. The summed E-state index contributed by atoms with van der Waals surface area (Å²) in [6, 6.07) is 12.1. The third kappa shape index (κ3) is 6.23. The number of likely N-dealkylation sites (N-methyl/N-ethyl adjacent to an activating group) is 1. The van der Waals surface area contributed by atoms with Crippen molar-refractivity contribution in [3.05, 3.63) is 53.1 Å². The van der Waals surface area contributed by atoms with Crippen molar-refractivity contribution in [2.75, 3.05) is 48.6 Å². The first kappa shape index (κ1) is 27.5. The van der Waals surface area contributed by atoms with Crippen LogP contribution >= 0.6 is 0 Å². The fourth-order valence-electron chi connectivity index (χ4n) is 4.60. The SMILES string of the molecule is COC(=O)C(CCCN(C)CCc1ccc(C)c(OC)c1)(c1ccc(OC)c(OC)c1)C(C)C. The molecule has 0 aliphatic carbocycles. The van der Waals surface area contributed by atoms with E-state index in [0.717, 1.165) is 42.8 Å². The molecular weight excluding hydrogens is 430 g/mol. The highest BCUT2D eigenvalue weighted by atomic mass is 16.5. The van der Waals surface area contributed by atoms with Crippen molar-refractivity contribution in [3.63, 3.8) is 0 Å². The van der Waals surface area contributed by atoms with Gasteiger partial charge in [0.1, 0.15) is 5.75 Å². The zero-order valence-corrected chi connectivity index (χ0v) is 22.1. The summed E-state index contributed by atoms with van der Waals surface area (Å²) >= 11 is 0. The van der Waals surface area contributed by atoms with Crippen molar-refractivity contribution in [2.45, 2.75) is 45.4 Å². The van der Waals surface area contributed by atoms with Crippen LogP contribution in [0.1, 0.15) is 43.4 Å². The summed E-state index contributed by atoms with van der Waals surface area (Å²) in [6.07, 6.45) is 2.47. The van der Waals surface area contributed by atoms with Gasteiger partial charge in [0.25, 0.3) is 0 Å². The van der Waals surface area contributed by atoms with Crippen LogP contribution < -0.4 is 14.2 Å². The highest BCUT2D eigenvalue weighted by molar-refractivity contribution is 5.84. The first-order valence-electron chi connectivity index (χ1n) is 11.9. The van der Waals surface area contributed by atoms with Crippen LogP contribution in [0.25, 0.3) is 0 Å². The van der Waals surface area contributed by atoms with Gasteiger partial charge in [0.05, 0.1) is 33.9 Å². The number of ether oxygens (including phenoxy) is 4. The van der Waals surface area contributed by atoms with E-state index < -0.39 is 5.41 Å². The second-order valence-electron chi connectivity index (χ2n) is 9.15. The van der Waals surface area contributed by atoms with Gasteiger partial charge >= 0.3 is 5.97 Å². The number of methoxy groups -OCH3 is 4. The van der Waals surface area contributed by atoms with Gasteiger partial charge in [-0.05, 0) is 80.6 Å². The van der Waals surface area contributed by atoms with Gasteiger partial charge in [0.15, 0.2) is 11.5 Å². The van der Waals surface area contributed by atoms with E-state index in [1.807, 2.05) is 18.2 Å². The van der Waals surface area contributed by atoms with E-state index in [1.54, 1.807) is 21.3 Å². The Labute approximate surface area is 205 Å². The molecule has 0 aliphatic heterocycles. The molecule has 34 heavy (non-hydrogen) atoms. The zero-order valence-electron chi connectivity index (χ0n) is 22.1. The Hall–Kier alpha value is -2.73. The maximum atomic E-state index is 13.2. The van der Waals surface area contributed by atoms with E-state index in [-0.39, 0.29) is 11.9 Å². The molecule has 0 aliphatic rings. The number of aryl methyl sites for hydroxylation is 1. The van der Waals surface area contributed by atoms with E-state index in [1.165, 1.54) is 12.7 Å². The third-order valence-corrected chi connectivity index (χ3v) is 6.80. The minimum atomic E-state index is -0.764. The van der Waals surface area contributed by atoms with Crippen molar-refractivity contribution in [1.82, 2.24) is 4.90 Å². The minimum Gasteiger partial charge on any atom is -0.496 e. The first-order valence-corrected chi connectivity index (χ1v) is 11.9. The molecule has 2 aromatic carbocycles. The second-order valence-corrected chi connectivity index (χ2v) is 9.15. The van der Waals surface area contributed by atoms with Crippen LogP contribution in [0, 0.1) is 12.8 Å². The van der Waals surface area contributed by atoms with Crippen LogP contribution in [0.15, 0.2) is 36.4 Å². The average molecular weight is 472 g/mol. The van der Waals surface area contributed by atoms with Gasteiger partial charge in [0, 0.05) is 6.54 Å². The summed E-state index contributed by atoms with van der Waals surface area (Å²) in [6.45, 7) is 8.00. The van der Waals surface area contributed by atoms with E-state index in [4.69, 9.17) is 18.9 Å². The highest BCUT2D eigenvalue weighted by Gasteiger charge is 2.44. The van der Waals surface area contributed by atoms with Crippen molar-refractivity contribution in [1.29, 1.82) is 0 Å². The summed E-state index contributed by atoms with van der Waals surface area (Å²) in [5, 5.41) is 0. The molecule has 0 aromatic heterocycles. The monoisotopic (exact) mass is 471 g/mol. The van der Waals surface area contributed by atoms with Gasteiger partial charge in [-0.15, -0.1) is 0 Å². The van der Waals surface area contributed by atoms with Crippen LogP contribution in [0.3, 0.4) is 0 Å². The Morgan fingerprint density at radius 1 is 0.912 bits per heavy atom. The number of esters is 1. The van der Waals surface area contributed by atoms with Crippen LogP contribution in [0.5, 0.6) is 17.2 Å². The first-order chi connectivity index (χ1) is 16.2. The third-order valence-electron chi connectivity index (χ3n) is 6.80. The number of carbonyl (C=O) groups is 1. The van der Waals surface area contributed by atoms with Gasteiger partial charge in [-0.1, -0.05) is 32.0 Å². The Morgan fingerprint density at radius 3 is 2.18 bits per heavy atom. The molecule has 0 fully saturated rings. The summed E-state index contributed by atoms with van der Waals surface area (Å²) in [5.74, 6) is 2.00. The van der Waals surface area contributed by atoms with Crippen LogP contribution in [0.2, 0.25) is 0 Å². The van der Waals surface area contributed by atoms with Crippen molar-refractivity contribution in [3.8, 4) is 17.2 Å². The summed E-state index contributed by atoms with van der Waals surface area (Å²) in [4.78, 5) is 15.5. The maximum absolute atomic E-state index is 13.2. The lowest BCUT2D eigenvalue weighted by molar-refractivity contribution is -0.150. The van der Waals surface area contributed by atoms with Crippen LogP contribution in [-0.2, 0) is 21.4 Å². The molecule has 2 rings (SSSR count). The lowest BCUT2D eigenvalue weighted by Crippen LogP contribution is -2.42. The van der Waals surface area contributed by atoms with E-state index in [2.05, 4.69) is 50.9 Å². The molecule has 0 radical (unpaired) electrons. The Morgan fingerprint density at radius 2 is 1.59 bits per heavy atom. The van der Waals surface area contributed by atoms with Gasteiger partial charge in [-0.2, -0.15) is 0 Å². The molecule has 6 heteroatoms. The number of hydrogen-bond donors (Lipinski definition) is 0. The molecule has 6 nitrogen and oxygen atoms in total. The lowest BCUT2D eigenvalue weighted by Gasteiger charge is -2.36. The quantitative estimate of drug-likeness (QED) is 0.382. The van der Waals surface area contributed by atoms with Gasteiger partial charge < -0.3 is 23.8 Å². The smallest absolute Gasteiger partial charge is 0.316 e. The molecule has 0 saturated carbocycles. The van der Waals surface area contributed by atoms with Crippen molar-refractivity contribution < 1.29 is 23.7 Å². The molecule has 0 amide bonds. The number of hydrogen-bond acceptors (Lipinski definition) is 6. The Bertz CT molecular complexity index is 942. The molecule has 0 saturated heterocycles. The van der Waals surface area contributed by atoms with Gasteiger partial charge in [0.2, 0.25) is 0 Å². The fraction of sp³-hybridized carbons (Fsp3) is 0.536. The van der Waals surface area contributed by atoms with Crippen LogP contribution in [0.4, 0.5) is 0 Å². The molecule has 0 N–H and O–H groups in total. The zero-order chi connectivity index (χ0) is 25.3. The van der Waals surface area contributed by atoms with E-state index in [9.17, 15) is 4.79 Å². The number of rotatable bonds is 13. The summed E-state index contributed by atoms with van der Waals surface area (Å²) in [5.41, 5.74) is 2.52. The summed E-state index contributed by atoms with van der Waals surface area (Å²) < 4.78 is 21.7. The molecule has 0 spiro atoms. The van der Waals surface area contributed by atoms with Gasteiger partial charge in [-0.25, -0.2) is 0 Å². The van der Waals surface area contributed by atoms with E-state index >= 15 is 0 Å². The van der Waals surface area contributed by atoms with Crippen molar-refractivity contribution >= 4 is 5.97 Å². The molecule has 0 bridgehead atoms. The summed E-state index contributed by atoms with van der Waals surface area (Å²) in [7, 11) is 8.50. The second kappa shape index (κ2) is 12.7. The molecule has 1 atom stereocenters. The van der Waals surface area contributed by atoms with E-state index in [0.29, 0.717) is 17.9 Å². The molecule has 2 aromatic rings. The topological polar surface area (TPSA) is 57.2 Å². The predicted octanol–water partition coefficient (Wildman–Crippen LogP) is 5.04. The molecular formula is C28H41NO5. The van der Waals surface area contributed by atoms with Gasteiger partial charge in [-0.3, -0.25) is 4.79 Å². The number of nitrogens with zero attached hydrogens (tertiary/aromatic N) is 1. The highest BCUT2D eigenvalue weighted by Crippen LogP contribution is 2.41. The Balaban J connectivity index is 2.13. The number of benzene rings is 2. The molecule has 1 unspecified atom stereocenters. The Kier molecular flexibility index (Phi) is 10.2. The lowest BCUT2D eigenvalue weighted by atomic mass is 9.68. The van der Waals surface area contributed by atoms with Crippen molar-refractivity contribution in [2.24, 2.45) is 5.92 Å². The largest absolute Gasteiger partial charge is 0.496 e. The maximum Gasteiger partial charge on any atom is 0.316 e. The molecule has 188 valence electrons. The normalized spacial score (nSPS) is 13.0. The standard InChI is InChI=1S/C28H41NO5/c1-20(2)28(27(30)34-8,23-12-13-24(31-5)26(19-23)33-7)15-9-16-29(4)17-14-22-11-10-21(3)25(18-22)32-6/h10-13,18-20H,9,14-17H2,1-8H3. The van der Waals surface area contributed by atoms with Crippen LogP contribution in [-0.4, -0.2) is 59.4 Å².